The minimum atomic E-state index is -0.633. The average Bonchev–Trinajstić information content (AvgIpc) is 2.77. The molecule has 0 unspecified atom stereocenters. The lowest BCUT2D eigenvalue weighted by Gasteiger charge is -2.01. The number of carbonyl (C=O) groups is 1. The van der Waals surface area contributed by atoms with E-state index in [9.17, 15) is 9.59 Å². The molecule has 0 aliphatic heterocycles. The smallest absolute Gasteiger partial charge is 0.345 e. The second-order valence-electron chi connectivity index (χ2n) is 4.39. The van der Waals surface area contributed by atoms with Gasteiger partial charge in [0.05, 0.1) is 23.0 Å². The third-order valence-corrected chi connectivity index (χ3v) is 4.02. The predicted octanol–water partition coefficient (Wildman–Crippen LogP) is 2.39. The largest absolute Gasteiger partial charge is 0.462 e. The maximum absolute atomic E-state index is 12.5. The highest BCUT2D eigenvalue weighted by Gasteiger charge is 2.17. The van der Waals surface area contributed by atoms with Crippen molar-refractivity contribution in [2.45, 2.75) is 13.8 Å². The van der Waals surface area contributed by atoms with Gasteiger partial charge in [0.25, 0.3) is 5.56 Å². The Morgan fingerprint density at radius 1 is 1.45 bits per heavy atom. The minimum absolute atomic E-state index is 0.0365. The van der Waals surface area contributed by atoms with E-state index >= 15 is 0 Å². The van der Waals surface area contributed by atoms with Crippen LogP contribution in [0.4, 0.5) is 0 Å². The van der Waals surface area contributed by atoms with E-state index in [4.69, 9.17) is 4.74 Å². The third-order valence-electron chi connectivity index (χ3n) is 2.98. The number of thiazole rings is 1. The third kappa shape index (κ3) is 1.89. The molecule has 0 atom stereocenters. The lowest BCUT2D eigenvalue weighted by atomic mass is 10.2. The van der Waals surface area contributed by atoms with E-state index in [1.54, 1.807) is 6.92 Å². The van der Waals surface area contributed by atoms with Crippen molar-refractivity contribution in [2.75, 3.05) is 6.61 Å². The molecule has 0 N–H and O–H groups in total. The summed E-state index contributed by atoms with van der Waals surface area (Å²) in [5.74, 6) is -0.633. The topological polar surface area (TPSA) is 60.7 Å². The molecule has 2 aromatic heterocycles. The Bertz CT molecular complexity index is 879. The number of esters is 1. The van der Waals surface area contributed by atoms with Gasteiger partial charge in [0.1, 0.15) is 5.56 Å². The molecule has 0 aliphatic carbocycles. The maximum atomic E-state index is 12.5. The molecule has 0 radical (unpaired) electrons. The molecule has 3 aromatic rings. The van der Waals surface area contributed by atoms with Crippen LogP contribution in [0.5, 0.6) is 0 Å². The molecule has 1 aromatic carbocycles. The fourth-order valence-corrected chi connectivity index (χ4v) is 3.03. The Morgan fingerprint density at radius 2 is 2.25 bits per heavy atom. The van der Waals surface area contributed by atoms with Gasteiger partial charge in [0.2, 0.25) is 0 Å². The Hall–Kier alpha value is -2.21. The summed E-state index contributed by atoms with van der Waals surface area (Å²) < 4.78 is 7.31. The van der Waals surface area contributed by atoms with Crippen LogP contribution in [0.15, 0.2) is 29.2 Å². The van der Waals surface area contributed by atoms with E-state index < -0.39 is 5.97 Å². The van der Waals surface area contributed by atoms with Crippen LogP contribution in [-0.4, -0.2) is 22.0 Å². The second-order valence-corrected chi connectivity index (χ2v) is 5.40. The number of rotatable bonds is 2. The van der Waals surface area contributed by atoms with E-state index in [-0.39, 0.29) is 17.7 Å². The van der Waals surface area contributed by atoms with Crippen LogP contribution >= 0.6 is 11.3 Å². The van der Waals surface area contributed by atoms with Gasteiger partial charge in [-0.1, -0.05) is 17.4 Å². The number of nitrogens with zero attached hydrogens (tertiary/aromatic N) is 2. The molecule has 102 valence electrons. The lowest BCUT2D eigenvalue weighted by molar-refractivity contribution is 0.0523. The fourth-order valence-electron chi connectivity index (χ4n) is 2.06. The quantitative estimate of drug-likeness (QED) is 0.679. The first-order chi connectivity index (χ1) is 9.61. The van der Waals surface area contributed by atoms with Gasteiger partial charge in [-0.2, -0.15) is 0 Å². The summed E-state index contributed by atoms with van der Waals surface area (Å²) in [4.78, 5) is 29.0. The SMILES string of the molecule is CCOC(=O)c1cnc2sc3ccc(C)cc3n2c1=O. The van der Waals surface area contributed by atoms with Crippen LogP contribution in [0.3, 0.4) is 0 Å². The molecule has 3 rings (SSSR count). The number of fused-ring (bicyclic) bond motifs is 3. The number of aryl methyl sites for hydroxylation is 1. The number of benzene rings is 1. The highest BCUT2D eigenvalue weighted by molar-refractivity contribution is 7.23. The van der Waals surface area contributed by atoms with Gasteiger partial charge in [-0.25, -0.2) is 9.78 Å². The van der Waals surface area contributed by atoms with Crippen molar-refractivity contribution < 1.29 is 9.53 Å². The summed E-state index contributed by atoms with van der Waals surface area (Å²) in [6.07, 6.45) is 1.29. The van der Waals surface area contributed by atoms with Gasteiger partial charge < -0.3 is 4.74 Å². The molecule has 0 bridgehead atoms. The first-order valence-corrected chi connectivity index (χ1v) is 7.01. The number of hydrogen-bond acceptors (Lipinski definition) is 5. The van der Waals surface area contributed by atoms with E-state index in [0.717, 1.165) is 15.8 Å². The molecule has 20 heavy (non-hydrogen) atoms. The molecule has 0 saturated heterocycles. The molecule has 6 heteroatoms. The van der Waals surface area contributed by atoms with Crippen molar-refractivity contribution in [3.63, 3.8) is 0 Å². The molecule has 0 aliphatic rings. The van der Waals surface area contributed by atoms with Crippen LogP contribution in [0, 0.1) is 6.92 Å². The Kier molecular flexibility index (Phi) is 3.02. The summed E-state index contributed by atoms with van der Waals surface area (Å²) in [7, 11) is 0. The van der Waals surface area contributed by atoms with Crippen molar-refractivity contribution in [3.05, 3.63) is 45.9 Å². The molecule has 0 fully saturated rings. The standard InChI is InChI=1S/C14H12N2O3S/c1-3-19-13(18)9-7-15-14-16(12(9)17)10-6-8(2)4-5-11(10)20-14/h4-7H,3H2,1-2H3. The Labute approximate surface area is 118 Å². The number of hydrogen-bond donors (Lipinski definition) is 0. The highest BCUT2D eigenvalue weighted by atomic mass is 32.1. The number of aromatic nitrogens is 2. The summed E-state index contributed by atoms with van der Waals surface area (Å²) >= 11 is 1.42. The van der Waals surface area contributed by atoms with E-state index in [1.165, 1.54) is 21.9 Å². The molecule has 0 saturated carbocycles. The summed E-state index contributed by atoms with van der Waals surface area (Å²) in [5.41, 5.74) is 1.40. The first kappa shape index (κ1) is 12.8. The van der Waals surface area contributed by atoms with Crippen LogP contribution in [0.25, 0.3) is 15.2 Å². The average molecular weight is 288 g/mol. The van der Waals surface area contributed by atoms with Gasteiger partial charge in [0, 0.05) is 0 Å². The Balaban J connectivity index is 2.36. The summed E-state index contributed by atoms with van der Waals surface area (Å²) in [6, 6.07) is 5.85. The van der Waals surface area contributed by atoms with Gasteiger partial charge in [-0.15, -0.1) is 0 Å². The van der Waals surface area contributed by atoms with Crippen molar-refractivity contribution >= 4 is 32.5 Å². The molecular weight excluding hydrogens is 276 g/mol. The number of ether oxygens (including phenoxy) is 1. The van der Waals surface area contributed by atoms with Gasteiger partial charge in [-0.3, -0.25) is 9.20 Å². The molecule has 2 heterocycles. The zero-order valence-electron chi connectivity index (χ0n) is 11.0. The molecule has 5 nitrogen and oxygen atoms in total. The molecule has 0 spiro atoms. The highest BCUT2D eigenvalue weighted by Crippen LogP contribution is 2.24. The van der Waals surface area contributed by atoms with Gasteiger partial charge in [-0.05, 0) is 31.5 Å². The second kappa shape index (κ2) is 4.72. The van der Waals surface area contributed by atoms with Crippen LogP contribution in [0.2, 0.25) is 0 Å². The van der Waals surface area contributed by atoms with Gasteiger partial charge in [0.15, 0.2) is 4.96 Å². The fraction of sp³-hybridized carbons (Fsp3) is 0.214. The maximum Gasteiger partial charge on any atom is 0.345 e. The Morgan fingerprint density at radius 3 is 3.00 bits per heavy atom. The number of carbonyl (C=O) groups excluding carboxylic acids is 1. The summed E-state index contributed by atoms with van der Waals surface area (Å²) in [5, 5.41) is 0. The minimum Gasteiger partial charge on any atom is -0.462 e. The van der Waals surface area contributed by atoms with Crippen molar-refractivity contribution in [2.24, 2.45) is 0 Å². The van der Waals surface area contributed by atoms with E-state index in [2.05, 4.69) is 4.98 Å². The monoisotopic (exact) mass is 288 g/mol. The van der Waals surface area contributed by atoms with Crippen molar-refractivity contribution in [3.8, 4) is 0 Å². The normalized spacial score (nSPS) is 11.1. The molecule has 0 amide bonds. The van der Waals surface area contributed by atoms with Crippen LogP contribution in [-0.2, 0) is 4.74 Å². The van der Waals surface area contributed by atoms with E-state index in [1.807, 2.05) is 25.1 Å². The zero-order chi connectivity index (χ0) is 14.3. The lowest BCUT2D eigenvalue weighted by Crippen LogP contribution is -2.23. The first-order valence-electron chi connectivity index (χ1n) is 6.20. The van der Waals surface area contributed by atoms with Crippen LogP contribution in [0.1, 0.15) is 22.8 Å². The zero-order valence-corrected chi connectivity index (χ0v) is 11.9. The molecular formula is C14H12N2O3S. The summed E-state index contributed by atoms with van der Waals surface area (Å²) in [6.45, 7) is 3.88. The van der Waals surface area contributed by atoms with E-state index in [0.29, 0.717) is 4.96 Å². The van der Waals surface area contributed by atoms with Crippen molar-refractivity contribution in [1.82, 2.24) is 9.38 Å². The van der Waals surface area contributed by atoms with Crippen LogP contribution < -0.4 is 5.56 Å². The van der Waals surface area contributed by atoms with Gasteiger partial charge >= 0.3 is 5.97 Å². The van der Waals surface area contributed by atoms with Crippen molar-refractivity contribution in [1.29, 1.82) is 0 Å². The predicted molar refractivity (Wildman–Crippen MR) is 77.5 cm³/mol.